The van der Waals surface area contributed by atoms with Crippen LogP contribution >= 0.6 is 0 Å². The summed E-state index contributed by atoms with van der Waals surface area (Å²) in [5.74, 6) is 1.22. The zero-order chi connectivity index (χ0) is 15.1. The number of rotatable bonds is 6. The lowest BCUT2D eigenvalue weighted by Gasteiger charge is -2.08. The van der Waals surface area contributed by atoms with Gasteiger partial charge < -0.3 is 14.8 Å². The van der Waals surface area contributed by atoms with Crippen LogP contribution < -0.4 is 14.8 Å². The van der Waals surface area contributed by atoms with Gasteiger partial charge in [-0.2, -0.15) is 0 Å². The number of hydrogen-bond donors (Lipinski definition) is 1. The molecule has 1 N–H and O–H groups in total. The Labute approximate surface area is 124 Å². The van der Waals surface area contributed by atoms with Crippen molar-refractivity contribution in [2.45, 2.75) is 0 Å². The fourth-order valence-electron chi connectivity index (χ4n) is 1.76. The van der Waals surface area contributed by atoms with Crippen LogP contribution in [0.25, 0.3) is 0 Å². The number of carbonyl (C=O) groups is 1. The average molecular weight is 283 g/mol. The number of hydrogen-bond acceptors (Lipinski definition) is 3. The molecule has 0 fully saturated rings. The van der Waals surface area contributed by atoms with E-state index in [1.54, 1.807) is 43.5 Å². The van der Waals surface area contributed by atoms with Crippen molar-refractivity contribution in [2.75, 3.05) is 19.0 Å². The van der Waals surface area contributed by atoms with E-state index in [9.17, 15) is 4.79 Å². The summed E-state index contributed by atoms with van der Waals surface area (Å²) in [6.45, 7) is 4.02. The first-order valence-corrected chi connectivity index (χ1v) is 6.52. The summed E-state index contributed by atoms with van der Waals surface area (Å²) in [5, 5.41) is 2.83. The molecule has 0 aliphatic rings. The van der Waals surface area contributed by atoms with Crippen molar-refractivity contribution in [1.82, 2.24) is 0 Å². The zero-order valence-corrected chi connectivity index (χ0v) is 11.8. The van der Waals surface area contributed by atoms with Crippen LogP contribution in [0.2, 0.25) is 0 Å². The first-order chi connectivity index (χ1) is 10.2. The molecule has 0 heterocycles. The van der Waals surface area contributed by atoms with E-state index in [1.807, 2.05) is 18.2 Å². The maximum atomic E-state index is 12.1. The normalized spacial score (nSPS) is 9.76. The Hall–Kier alpha value is -2.75. The maximum Gasteiger partial charge on any atom is 0.255 e. The van der Waals surface area contributed by atoms with Gasteiger partial charge in [0.15, 0.2) is 0 Å². The molecule has 4 heteroatoms. The molecule has 0 saturated carbocycles. The molecule has 0 saturated heterocycles. The monoisotopic (exact) mass is 283 g/mol. The molecular formula is C17H17NO3. The Morgan fingerprint density at radius 1 is 1.19 bits per heavy atom. The van der Waals surface area contributed by atoms with Crippen molar-refractivity contribution in [1.29, 1.82) is 0 Å². The van der Waals surface area contributed by atoms with Gasteiger partial charge in [0.2, 0.25) is 0 Å². The summed E-state index contributed by atoms with van der Waals surface area (Å²) < 4.78 is 10.5. The van der Waals surface area contributed by atoms with Gasteiger partial charge in [-0.25, -0.2) is 0 Å². The summed E-state index contributed by atoms with van der Waals surface area (Å²) >= 11 is 0. The minimum Gasteiger partial charge on any atom is -0.497 e. The summed E-state index contributed by atoms with van der Waals surface area (Å²) in [5.41, 5.74) is 1.24. The van der Waals surface area contributed by atoms with Crippen molar-refractivity contribution in [3.05, 3.63) is 66.7 Å². The quantitative estimate of drug-likeness (QED) is 0.825. The molecule has 0 radical (unpaired) electrons. The fourth-order valence-corrected chi connectivity index (χ4v) is 1.76. The Morgan fingerprint density at radius 2 is 1.95 bits per heavy atom. The van der Waals surface area contributed by atoms with E-state index in [0.717, 1.165) is 0 Å². The molecule has 108 valence electrons. The second kappa shape index (κ2) is 7.14. The lowest BCUT2D eigenvalue weighted by Crippen LogP contribution is -2.11. The van der Waals surface area contributed by atoms with Gasteiger partial charge in [0.05, 0.1) is 7.11 Å². The van der Waals surface area contributed by atoms with Crippen LogP contribution in [-0.2, 0) is 0 Å². The van der Waals surface area contributed by atoms with E-state index in [0.29, 0.717) is 29.4 Å². The standard InChI is InChI=1S/C17H17NO3/c1-3-11-21-16-6-4-5-14(12-16)18-17(19)13-7-9-15(20-2)10-8-13/h3-10,12H,1,11H2,2H3,(H,18,19). The number of anilines is 1. The van der Waals surface area contributed by atoms with Gasteiger partial charge in [0, 0.05) is 17.3 Å². The van der Waals surface area contributed by atoms with Gasteiger partial charge in [-0.3, -0.25) is 4.79 Å². The summed E-state index contributed by atoms with van der Waals surface area (Å²) in [6.07, 6.45) is 1.67. The molecule has 0 aliphatic carbocycles. The molecule has 0 atom stereocenters. The molecule has 0 unspecified atom stereocenters. The minimum atomic E-state index is -0.182. The zero-order valence-electron chi connectivity index (χ0n) is 11.8. The predicted molar refractivity (Wildman–Crippen MR) is 83.1 cm³/mol. The highest BCUT2D eigenvalue weighted by molar-refractivity contribution is 6.04. The maximum absolute atomic E-state index is 12.1. The summed E-state index contributed by atoms with van der Waals surface area (Å²) in [4.78, 5) is 12.1. The second-order valence-corrected chi connectivity index (χ2v) is 4.31. The van der Waals surface area contributed by atoms with E-state index >= 15 is 0 Å². The number of amides is 1. The highest BCUT2D eigenvalue weighted by Crippen LogP contribution is 2.19. The fraction of sp³-hybridized carbons (Fsp3) is 0.118. The third-order valence-electron chi connectivity index (χ3n) is 2.81. The second-order valence-electron chi connectivity index (χ2n) is 4.31. The number of carbonyl (C=O) groups excluding carboxylic acids is 1. The van der Waals surface area contributed by atoms with Gasteiger partial charge in [0.1, 0.15) is 18.1 Å². The van der Waals surface area contributed by atoms with Gasteiger partial charge in [-0.1, -0.05) is 18.7 Å². The van der Waals surface area contributed by atoms with Crippen LogP contribution in [0.5, 0.6) is 11.5 Å². The number of methoxy groups -OCH3 is 1. The first kappa shape index (κ1) is 14.7. The average Bonchev–Trinajstić information content (AvgIpc) is 2.53. The number of benzene rings is 2. The van der Waals surface area contributed by atoms with Crippen molar-refractivity contribution >= 4 is 11.6 Å². The molecule has 0 spiro atoms. The van der Waals surface area contributed by atoms with E-state index in [4.69, 9.17) is 9.47 Å². The van der Waals surface area contributed by atoms with Gasteiger partial charge in [-0.15, -0.1) is 0 Å². The highest BCUT2D eigenvalue weighted by Gasteiger charge is 2.06. The molecular weight excluding hydrogens is 266 g/mol. The lowest BCUT2D eigenvalue weighted by molar-refractivity contribution is 0.102. The molecule has 0 bridgehead atoms. The van der Waals surface area contributed by atoms with Crippen LogP contribution in [-0.4, -0.2) is 19.6 Å². The Kier molecular flexibility index (Phi) is 4.99. The van der Waals surface area contributed by atoms with Crippen molar-refractivity contribution in [3.63, 3.8) is 0 Å². The molecule has 2 rings (SSSR count). The van der Waals surface area contributed by atoms with Gasteiger partial charge in [-0.05, 0) is 36.4 Å². The molecule has 0 aromatic heterocycles. The Morgan fingerprint density at radius 3 is 2.62 bits per heavy atom. The molecule has 4 nitrogen and oxygen atoms in total. The van der Waals surface area contributed by atoms with E-state index in [1.165, 1.54) is 0 Å². The predicted octanol–water partition coefficient (Wildman–Crippen LogP) is 3.51. The third kappa shape index (κ3) is 4.11. The van der Waals surface area contributed by atoms with Crippen LogP contribution in [0, 0.1) is 0 Å². The molecule has 0 aliphatic heterocycles. The van der Waals surface area contributed by atoms with E-state index in [2.05, 4.69) is 11.9 Å². The number of nitrogens with one attached hydrogen (secondary N) is 1. The summed E-state index contributed by atoms with van der Waals surface area (Å²) in [6, 6.07) is 14.2. The van der Waals surface area contributed by atoms with Crippen LogP contribution in [0.3, 0.4) is 0 Å². The van der Waals surface area contributed by atoms with Crippen molar-refractivity contribution in [2.24, 2.45) is 0 Å². The van der Waals surface area contributed by atoms with E-state index < -0.39 is 0 Å². The van der Waals surface area contributed by atoms with Crippen LogP contribution in [0.15, 0.2) is 61.2 Å². The minimum absolute atomic E-state index is 0.182. The van der Waals surface area contributed by atoms with Crippen molar-refractivity contribution in [3.8, 4) is 11.5 Å². The molecule has 21 heavy (non-hydrogen) atoms. The van der Waals surface area contributed by atoms with Crippen LogP contribution in [0.4, 0.5) is 5.69 Å². The van der Waals surface area contributed by atoms with E-state index in [-0.39, 0.29) is 5.91 Å². The molecule has 2 aromatic rings. The first-order valence-electron chi connectivity index (χ1n) is 6.52. The smallest absolute Gasteiger partial charge is 0.255 e. The topological polar surface area (TPSA) is 47.6 Å². The van der Waals surface area contributed by atoms with Gasteiger partial charge >= 0.3 is 0 Å². The summed E-state index contributed by atoms with van der Waals surface area (Å²) in [7, 11) is 1.59. The van der Waals surface area contributed by atoms with Crippen LogP contribution in [0.1, 0.15) is 10.4 Å². The molecule has 2 aromatic carbocycles. The SMILES string of the molecule is C=CCOc1cccc(NC(=O)c2ccc(OC)cc2)c1. The molecule has 1 amide bonds. The highest BCUT2D eigenvalue weighted by atomic mass is 16.5. The Bertz CT molecular complexity index is 620. The van der Waals surface area contributed by atoms with Gasteiger partial charge in [0.25, 0.3) is 5.91 Å². The third-order valence-corrected chi connectivity index (χ3v) is 2.81. The largest absolute Gasteiger partial charge is 0.497 e. The van der Waals surface area contributed by atoms with Crippen molar-refractivity contribution < 1.29 is 14.3 Å². The lowest BCUT2D eigenvalue weighted by atomic mass is 10.2. The Balaban J connectivity index is 2.05. The number of ether oxygens (including phenoxy) is 2.